The Morgan fingerprint density at radius 1 is 1.13 bits per heavy atom. The van der Waals surface area contributed by atoms with Crippen LogP contribution in [0.3, 0.4) is 0 Å². The van der Waals surface area contributed by atoms with Crippen molar-refractivity contribution in [2.75, 3.05) is 6.54 Å². The summed E-state index contributed by atoms with van der Waals surface area (Å²) in [5.74, 6) is -0.500. The Morgan fingerprint density at radius 3 is 2.57 bits per heavy atom. The van der Waals surface area contributed by atoms with Crippen molar-refractivity contribution >= 4 is 35.6 Å². The van der Waals surface area contributed by atoms with Crippen molar-refractivity contribution in [1.29, 1.82) is 0 Å². The molecule has 0 atom stereocenters. The minimum absolute atomic E-state index is 0.0213. The van der Waals surface area contributed by atoms with Crippen molar-refractivity contribution in [1.82, 2.24) is 5.32 Å². The first-order valence-electron chi connectivity index (χ1n) is 7.08. The summed E-state index contributed by atoms with van der Waals surface area (Å²) < 4.78 is 5.43. The first kappa shape index (κ1) is 16.8. The zero-order chi connectivity index (χ0) is 16.7. The molecule has 120 valence electrons. The highest BCUT2D eigenvalue weighted by Crippen LogP contribution is 2.14. The zero-order valence-corrected chi connectivity index (χ0v) is 13.0. The standard InChI is InChI=1S/C17H16ClNO4/c18-13-6-3-12(4-7-13)5-8-14-9-10-15(23-14)17(22)19-11-1-2-16(20)21/h3-10H,1-2,11H2,(H,19,22)(H,20,21). The van der Waals surface area contributed by atoms with Gasteiger partial charge in [0.2, 0.25) is 0 Å². The number of amides is 1. The van der Waals surface area contributed by atoms with Gasteiger partial charge in [-0.05, 0) is 42.3 Å². The van der Waals surface area contributed by atoms with Gasteiger partial charge in [0.1, 0.15) is 5.76 Å². The Bertz CT molecular complexity index is 704. The Labute approximate surface area is 138 Å². The van der Waals surface area contributed by atoms with Crippen LogP contribution in [-0.4, -0.2) is 23.5 Å². The molecule has 2 N–H and O–H groups in total. The van der Waals surface area contributed by atoms with Gasteiger partial charge in [0.05, 0.1) is 0 Å². The quantitative estimate of drug-likeness (QED) is 0.757. The third-order valence-electron chi connectivity index (χ3n) is 3.01. The van der Waals surface area contributed by atoms with Crippen LogP contribution >= 0.6 is 11.6 Å². The zero-order valence-electron chi connectivity index (χ0n) is 12.3. The topological polar surface area (TPSA) is 79.5 Å². The summed E-state index contributed by atoms with van der Waals surface area (Å²) in [5.41, 5.74) is 0.963. The van der Waals surface area contributed by atoms with E-state index in [0.29, 0.717) is 23.7 Å². The van der Waals surface area contributed by atoms with E-state index in [0.717, 1.165) is 5.56 Å². The molecule has 1 aromatic carbocycles. The van der Waals surface area contributed by atoms with E-state index in [2.05, 4.69) is 5.32 Å². The van der Waals surface area contributed by atoms with Gasteiger partial charge in [-0.3, -0.25) is 9.59 Å². The number of furan rings is 1. The summed E-state index contributed by atoms with van der Waals surface area (Å²) in [6, 6.07) is 10.6. The lowest BCUT2D eigenvalue weighted by Gasteiger charge is -2.00. The number of hydrogen-bond acceptors (Lipinski definition) is 3. The highest BCUT2D eigenvalue weighted by Gasteiger charge is 2.09. The van der Waals surface area contributed by atoms with E-state index in [9.17, 15) is 9.59 Å². The molecular weight excluding hydrogens is 318 g/mol. The maximum atomic E-state index is 11.8. The fourth-order valence-corrected chi connectivity index (χ4v) is 1.97. The van der Waals surface area contributed by atoms with Crippen molar-refractivity contribution in [3.63, 3.8) is 0 Å². The van der Waals surface area contributed by atoms with Crippen LogP contribution in [0, 0.1) is 0 Å². The number of benzene rings is 1. The largest absolute Gasteiger partial charge is 0.481 e. The highest BCUT2D eigenvalue weighted by molar-refractivity contribution is 6.30. The molecule has 0 unspecified atom stereocenters. The normalized spacial score (nSPS) is 10.8. The number of rotatable bonds is 7. The minimum atomic E-state index is -0.883. The van der Waals surface area contributed by atoms with E-state index in [1.54, 1.807) is 30.3 Å². The number of aliphatic carboxylic acids is 1. The predicted octanol–water partition coefficient (Wildman–Crippen LogP) is 3.70. The molecule has 0 saturated carbocycles. The molecule has 1 heterocycles. The van der Waals surface area contributed by atoms with E-state index < -0.39 is 5.97 Å². The lowest BCUT2D eigenvalue weighted by atomic mass is 10.2. The van der Waals surface area contributed by atoms with Crippen LogP contribution in [0.15, 0.2) is 40.8 Å². The number of halogens is 1. The van der Waals surface area contributed by atoms with Crippen LogP contribution in [-0.2, 0) is 4.79 Å². The van der Waals surface area contributed by atoms with Gasteiger partial charge in [-0.2, -0.15) is 0 Å². The first-order valence-corrected chi connectivity index (χ1v) is 7.46. The third-order valence-corrected chi connectivity index (χ3v) is 3.27. The number of carboxylic acids is 1. The summed E-state index contributed by atoms with van der Waals surface area (Å²) >= 11 is 5.82. The van der Waals surface area contributed by atoms with Crippen molar-refractivity contribution in [3.8, 4) is 0 Å². The van der Waals surface area contributed by atoms with Crippen molar-refractivity contribution < 1.29 is 19.1 Å². The fraction of sp³-hybridized carbons (Fsp3) is 0.176. The molecule has 0 aliphatic rings. The number of carbonyl (C=O) groups is 2. The van der Waals surface area contributed by atoms with Gasteiger partial charge in [-0.1, -0.05) is 29.8 Å². The smallest absolute Gasteiger partial charge is 0.303 e. The van der Waals surface area contributed by atoms with Gasteiger partial charge in [0.25, 0.3) is 5.91 Å². The maximum Gasteiger partial charge on any atom is 0.303 e. The van der Waals surface area contributed by atoms with Crippen LogP contribution in [0.4, 0.5) is 0 Å². The lowest BCUT2D eigenvalue weighted by Crippen LogP contribution is -2.24. The second-order valence-corrected chi connectivity index (χ2v) is 5.28. The molecule has 0 spiro atoms. The average Bonchev–Trinajstić information content (AvgIpc) is 3.00. The molecule has 0 bridgehead atoms. The molecule has 0 aliphatic heterocycles. The lowest BCUT2D eigenvalue weighted by molar-refractivity contribution is -0.137. The van der Waals surface area contributed by atoms with Crippen LogP contribution in [0.5, 0.6) is 0 Å². The summed E-state index contributed by atoms with van der Waals surface area (Å²) in [4.78, 5) is 22.2. The van der Waals surface area contributed by atoms with Gasteiger partial charge in [-0.25, -0.2) is 0 Å². The highest BCUT2D eigenvalue weighted by atomic mass is 35.5. The molecule has 0 saturated heterocycles. The van der Waals surface area contributed by atoms with Crippen LogP contribution in [0.2, 0.25) is 5.02 Å². The third kappa shape index (κ3) is 5.64. The minimum Gasteiger partial charge on any atom is -0.481 e. The number of carboxylic acid groups (broad SMARTS) is 1. The SMILES string of the molecule is O=C(O)CCCNC(=O)c1ccc(C=Cc2ccc(Cl)cc2)o1. The monoisotopic (exact) mass is 333 g/mol. The Balaban J connectivity index is 1.88. The number of nitrogens with one attached hydrogen (secondary N) is 1. The molecule has 5 nitrogen and oxygen atoms in total. The van der Waals surface area contributed by atoms with E-state index in [4.69, 9.17) is 21.1 Å². The van der Waals surface area contributed by atoms with Crippen LogP contribution in [0.25, 0.3) is 12.2 Å². The van der Waals surface area contributed by atoms with E-state index in [1.807, 2.05) is 18.2 Å². The van der Waals surface area contributed by atoms with E-state index in [-0.39, 0.29) is 18.1 Å². The van der Waals surface area contributed by atoms with Gasteiger partial charge < -0.3 is 14.8 Å². The Morgan fingerprint density at radius 2 is 1.87 bits per heavy atom. The summed E-state index contributed by atoms with van der Waals surface area (Å²) in [5, 5.41) is 11.8. The van der Waals surface area contributed by atoms with E-state index in [1.165, 1.54) is 0 Å². The summed E-state index contributed by atoms with van der Waals surface area (Å²) in [6.45, 7) is 0.293. The van der Waals surface area contributed by atoms with Crippen molar-refractivity contribution in [3.05, 3.63) is 58.5 Å². The molecule has 23 heavy (non-hydrogen) atoms. The molecule has 2 rings (SSSR count). The molecule has 1 aromatic heterocycles. The molecule has 0 aliphatic carbocycles. The van der Waals surface area contributed by atoms with Crippen molar-refractivity contribution in [2.45, 2.75) is 12.8 Å². The van der Waals surface area contributed by atoms with Gasteiger partial charge in [-0.15, -0.1) is 0 Å². The summed E-state index contributed by atoms with van der Waals surface area (Å²) in [6.07, 6.45) is 4.01. The van der Waals surface area contributed by atoms with Crippen LogP contribution < -0.4 is 5.32 Å². The van der Waals surface area contributed by atoms with Gasteiger partial charge in [0.15, 0.2) is 5.76 Å². The Kier molecular flexibility index (Phi) is 6.00. The number of hydrogen-bond donors (Lipinski definition) is 2. The molecule has 1 amide bonds. The Hall–Kier alpha value is -2.53. The number of carbonyl (C=O) groups excluding carboxylic acids is 1. The molecule has 6 heteroatoms. The molecule has 2 aromatic rings. The summed E-state index contributed by atoms with van der Waals surface area (Å²) in [7, 11) is 0. The average molecular weight is 334 g/mol. The predicted molar refractivity (Wildman–Crippen MR) is 88.3 cm³/mol. The molecular formula is C17H16ClNO4. The van der Waals surface area contributed by atoms with Crippen molar-refractivity contribution in [2.24, 2.45) is 0 Å². The van der Waals surface area contributed by atoms with Crippen LogP contribution in [0.1, 0.15) is 34.7 Å². The van der Waals surface area contributed by atoms with E-state index >= 15 is 0 Å². The molecule has 0 fully saturated rings. The first-order chi connectivity index (χ1) is 11.0. The molecule has 0 radical (unpaired) electrons. The fourth-order valence-electron chi connectivity index (χ4n) is 1.85. The van der Waals surface area contributed by atoms with Gasteiger partial charge in [0, 0.05) is 18.0 Å². The second kappa shape index (κ2) is 8.19. The maximum absolute atomic E-state index is 11.8. The second-order valence-electron chi connectivity index (χ2n) is 4.84. The van der Waals surface area contributed by atoms with Gasteiger partial charge >= 0.3 is 5.97 Å².